The van der Waals surface area contributed by atoms with Crippen LogP contribution in [0.2, 0.25) is 0 Å². The highest BCUT2D eigenvalue weighted by Crippen LogP contribution is 2.48. The van der Waals surface area contributed by atoms with Crippen LogP contribution < -0.4 is 15.0 Å². The van der Waals surface area contributed by atoms with Crippen molar-refractivity contribution < 1.29 is 28.6 Å². The molecular formula is C33H40N2O6. The minimum absolute atomic E-state index is 0.154. The number of ether oxygens (including phenoxy) is 3. The van der Waals surface area contributed by atoms with Crippen molar-refractivity contribution in [1.82, 2.24) is 5.32 Å². The lowest BCUT2D eigenvalue weighted by Crippen LogP contribution is -2.43. The van der Waals surface area contributed by atoms with Crippen LogP contribution >= 0.6 is 0 Å². The third kappa shape index (κ3) is 5.87. The second-order valence-corrected chi connectivity index (χ2v) is 10.2. The Hall–Kier alpha value is -4.07. The summed E-state index contributed by atoms with van der Waals surface area (Å²) >= 11 is 0. The summed E-state index contributed by atoms with van der Waals surface area (Å²) in [5, 5.41) is 3.35. The van der Waals surface area contributed by atoms with Gasteiger partial charge in [0, 0.05) is 47.6 Å². The van der Waals surface area contributed by atoms with Crippen LogP contribution in [0, 0.1) is 5.92 Å². The van der Waals surface area contributed by atoms with Gasteiger partial charge in [-0.15, -0.1) is 0 Å². The van der Waals surface area contributed by atoms with Crippen LogP contribution in [0.15, 0.2) is 71.1 Å². The van der Waals surface area contributed by atoms with Gasteiger partial charge in [-0.2, -0.15) is 0 Å². The average molecular weight is 561 g/mol. The van der Waals surface area contributed by atoms with E-state index in [1.807, 2.05) is 55.5 Å². The molecule has 0 radical (unpaired) electrons. The number of nitrogens with zero attached hydrogens (tertiary/aromatic N) is 1. The van der Waals surface area contributed by atoms with Crippen LogP contribution in [0.1, 0.15) is 64.0 Å². The molecule has 1 aliphatic heterocycles. The molecular weight excluding hydrogens is 520 g/mol. The van der Waals surface area contributed by atoms with Crippen LogP contribution in [0.4, 0.5) is 5.69 Å². The lowest BCUT2D eigenvalue weighted by atomic mass is 9.67. The molecule has 0 bridgehead atoms. The number of carbonyl (C=O) groups is 3. The number of benzene rings is 2. The van der Waals surface area contributed by atoms with Crippen molar-refractivity contribution in [3.63, 3.8) is 0 Å². The summed E-state index contributed by atoms with van der Waals surface area (Å²) in [5.74, 6) is -2.99. The first-order valence-electron chi connectivity index (χ1n) is 14.4. The minimum Gasteiger partial charge on any atom is -0.497 e. The van der Waals surface area contributed by atoms with E-state index in [1.165, 1.54) is 0 Å². The summed E-state index contributed by atoms with van der Waals surface area (Å²) in [7, 11) is 1.58. The number of nitrogens with one attached hydrogen (secondary N) is 1. The number of Topliss-reactive ketones (excluding diaryl/α,β-unsaturated/α-hetero) is 1. The number of allylic oxidation sites excluding steroid dienone is 3. The second kappa shape index (κ2) is 13.1. The summed E-state index contributed by atoms with van der Waals surface area (Å²) in [5.41, 5.74) is 4.76. The van der Waals surface area contributed by atoms with Crippen molar-refractivity contribution in [2.75, 3.05) is 38.3 Å². The number of methoxy groups -OCH3 is 1. The molecule has 0 aromatic heterocycles. The molecule has 2 aromatic rings. The van der Waals surface area contributed by atoms with E-state index in [-0.39, 0.29) is 19.0 Å². The van der Waals surface area contributed by atoms with Gasteiger partial charge in [0.25, 0.3) is 0 Å². The Kier molecular flexibility index (Phi) is 9.53. The second-order valence-electron chi connectivity index (χ2n) is 10.2. The van der Waals surface area contributed by atoms with Gasteiger partial charge in [-0.25, -0.2) is 4.79 Å². The van der Waals surface area contributed by atoms with Crippen molar-refractivity contribution in [1.29, 1.82) is 0 Å². The summed E-state index contributed by atoms with van der Waals surface area (Å²) in [6, 6.07) is 15.4. The zero-order chi connectivity index (χ0) is 29.7. The van der Waals surface area contributed by atoms with Gasteiger partial charge in [0.1, 0.15) is 11.7 Å². The molecule has 0 saturated heterocycles. The summed E-state index contributed by atoms with van der Waals surface area (Å²) in [6.45, 7) is 11.6. The molecule has 3 atom stereocenters. The predicted molar refractivity (Wildman–Crippen MR) is 158 cm³/mol. The molecule has 0 saturated carbocycles. The lowest BCUT2D eigenvalue weighted by Gasteiger charge is -2.39. The molecule has 41 heavy (non-hydrogen) atoms. The van der Waals surface area contributed by atoms with Crippen LogP contribution in [-0.4, -0.2) is 51.1 Å². The average Bonchev–Trinajstić information content (AvgIpc) is 2.97. The van der Waals surface area contributed by atoms with Crippen molar-refractivity contribution in [2.45, 2.75) is 52.9 Å². The molecule has 1 N–H and O–H groups in total. The number of ketones is 1. The smallest absolute Gasteiger partial charge is 0.336 e. The molecule has 8 nitrogen and oxygen atoms in total. The van der Waals surface area contributed by atoms with Crippen LogP contribution in [0.3, 0.4) is 0 Å². The molecule has 2 aromatic carbocycles. The van der Waals surface area contributed by atoms with Gasteiger partial charge in [0.15, 0.2) is 5.78 Å². The molecule has 1 heterocycles. The Bertz CT molecular complexity index is 1360. The van der Waals surface area contributed by atoms with Gasteiger partial charge in [-0.1, -0.05) is 24.3 Å². The number of rotatable bonds is 10. The summed E-state index contributed by atoms with van der Waals surface area (Å²) in [6.07, 6.45) is 0.388. The first-order valence-corrected chi connectivity index (χ1v) is 14.4. The number of hydrogen-bond donors (Lipinski definition) is 1. The normalized spacial score (nSPS) is 20.2. The van der Waals surface area contributed by atoms with E-state index in [2.05, 4.69) is 24.1 Å². The zero-order valence-corrected chi connectivity index (χ0v) is 24.8. The predicted octanol–water partition coefficient (Wildman–Crippen LogP) is 5.26. The highest BCUT2D eigenvalue weighted by Gasteiger charge is 2.49. The molecule has 218 valence electrons. The number of hydrogen-bond acceptors (Lipinski definition) is 8. The topological polar surface area (TPSA) is 94.2 Å². The molecule has 2 aliphatic rings. The largest absolute Gasteiger partial charge is 0.497 e. The molecule has 8 heteroatoms. The number of esters is 2. The molecule has 1 aliphatic carbocycles. The van der Waals surface area contributed by atoms with Crippen LogP contribution in [0.25, 0.3) is 0 Å². The standard InChI is InChI=1S/C33H40N2O6/c1-7-35(8-2)23-16-14-21(15-17-23)28-27(32(37)40-9-3)20(5)34-26-19-25(22-12-11-13-24(18-22)39-6)29(31(36)30(26)28)33(38)41-10-4/h11-18,25,28-29,34H,7-10,19H2,1-6H3/t25-,28-,29+/m0/s1. The fraction of sp³-hybridized carbons (Fsp3) is 0.424. The first kappa shape index (κ1) is 29.9. The van der Waals surface area contributed by atoms with Crippen LogP contribution in [-0.2, 0) is 23.9 Å². The Morgan fingerprint density at radius 2 is 1.63 bits per heavy atom. The summed E-state index contributed by atoms with van der Waals surface area (Å²) in [4.78, 5) is 43.5. The minimum atomic E-state index is -1.07. The van der Waals surface area contributed by atoms with E-state index in [4.69, 9.17) is 14.2 Å². The van der Waals surface area contributed by atoms with E-state index >= 15 is 0 Å². The lowest BCUT2D eigenvalue weighted by molar-refractivity contribution is -0.152. The Morgan fingerprint density at radius 3 is 2.24 bits per heavy atom. The molecule has 0 amide bonds. The first-order chi connectivity index (χ1) is 19.8. The van der Waals surface area contributed by atoms with E-state index < -0.39 is 29.7 Å². The number of carbonyl (C=O) groups excluding carboxylic acids is 3. The highest BCUT2D eigenvalue weighted by atomic mass is 16.5. The Balaban J connectivity index is 1.88. The fourth-order valence-corrected chi connectivity index (χ4v) is 6.00. The maximum atomic E-state index is 14.5. The zero-order valence-electron chi connectivity index (χ0n) is 24.8. The fourth-order valence-electron chi connectivity index (χ4n) is 6.00. The van der Waals surface area contributed by atoms with E-state index in [1.54, 1.807) is 21.0 Å². The van der Waals surface area contributed by atoms with Gasteiger partial charge < -0.3 is 24.4 Å². The third-order valence-electron chi connectivity index (χ3n) is 7.93. The Morgan fingerprint density at radius 1 is 0.951 bits per heavy atom. The Labute approximate surface area is 242 Å². The van der Waals surface area contributed by atoms with E-state index in [0.29, 0.717) is 34.7 Å². The molecule has 4 rings (SSSR count). The quantitative estimate of drug-likeness (QED) is 0.311. The van der Waals surface area contributed by atoms with Gasteiger partial charge in [-0.3, -0.25) is 9.59 Å². The SMILES string of the molecule is CCOC(=O)C1=C(C)NC2=C(C(=O)[C@H](C(=O)OCC)[C@H](c3cccc(OC)c3)C2)[C@H]1c1ccc(N(CC)CC)cc1. The maximum Gasteiger partial charge on any atom is 0.336 e. The maximum absolute atomic E-state index is 14.5. The third-order valence-corrected chi connectivity index (χ3v) is 7.93. The van der Waals surface area contributed by atoms with Crippen LogP contribution in [0.5, 0.6) is 5.75 Å². The van der Waals surface area contributed by atoms with Gasteiger partial charge >= 0.3 is 11.9 Å². The molecule has 0 unspecified atom stereocenters. The number of dihydropyridines is 1. The van der Waals surface area contributed by atoms with Crippen molar-refractivity contribution >= 4 is 23.4 Å². The summed E-state index contributed by atoms with van der Waals surface area (Å²) < 4.78 is 16.3. The highest BCUT2D eigenvalue weighted by molar-refractivity contribution is 6.13. The monoisotopic (exact) mass is 560 g/mol. The van der Waals surface area contributed by atoms with Crippen molar-refractivity contribution in [3.05, 3.63) is 82.2 Å². The van der Waals surface area contributed by atoms with Gasteiger partial charge in [0.2, 0.25) is 0 Å². The molecule has 0 spiro atoms. The van der Waals surface area contributed by atoms with E-state index in [9.17, 15) is 14.4 Å². The molecule has 0 fully saturated rings. The van der Waals surface area contributed by atoms with E-state index in [0.717, 1.165) is 29.9 Å². The van der Waals surface area contributed by atoms with Gasteiger partial charge in [0.05, 0.1) is 25.9 Å². The van der Waals surface area contributed by atoms with Gasteiger partial charge in [-0.05, 0) is 76.4 Å². The number of anilines is 1. The van der Waals surface area contributed by atoms with Crippen molar-refractivity contribution in [2.24, 2.45) is 5.92 Å². The van der Waals surface area contributed by atoms with Crippen molar-refractivity contribution in [3.8, 4) is 5.75 Å².